The number of piperidine rings is 1. The number of hydrogen-bond acceptors (Lipinski definition) is 4. The van der Waals surface area contributed by atoms with E-state index in [-0.39, 0.29) is 17.7 Å². The summed E-state index contributed by atoms with van der Waals surface area (Å²) < 4.78 is 1.70. The van der Waals surface area contributed by atoms with Crippen molar-refractivity contribution in [2.24, 2.45) is 11.7 Å². The van der Waals surface area contributed by atoms with Crippen LogP contribution in [0.15, 0.2) is 30.3 Å². The van der Waals surface area contributed by atoms with Crippen molar-refractivity contribution in [2.45, 2.75) is 39.8 Å². The minimum atomic E-state index is -0.209. The van der Waals surface area contributed by atoms with Crippen LogP contribution < -0.4 is 11.1 Å². The van der Waals surface area contributed by atoms with Gasteiger partial charge in [-0.15, -0.1) is 0 Å². The molecular formula is C20H27N5O2. The van der Waals surface area contributed by atoms with Gasteiger partial charge in [0.1, 0.15) is 5.69 Å². The minimum absolute atomic E-state index is 0.0517. The molecule has 144 valence electrons. The van der Waals surface area contributed by atoms with Crippen LogP contribution in [0.5, 0.6) is 0 Å². The first-order valence-corrected chi connectivity index (χ1v) is 9.42. The fraction of sp³-hybridized carbons (Fsp3) is 0.450. The summed E-state index contributed by atoms with van der Waals surface area (Å²) in [7, 11) is 0. The number of benzene rings is 1. The van der Waals surface area contributed by atoms with Crippen molar-refractivity contribution in [3.63, 3.8) is 0 Å². The molecule has 0 bridgehead atoms. The Hall–Kier alpha value is -2.67. The predicted molar refractivity (Wildman–Crippen MR) is 104 cm³/mol. The Morgan fingerprint density at radius 3 is 2.70 bits per heavy atom. The zero-order valence-corrected chi connectivity index (χ0v) is 15.9. The van der Waals surface area contributed by atoms with Crippen LogP contribution in [0.2, 0.25) is 0 Å². The van der Waals surface area contributed by atoms with Crippen LogP contribution in [0, 0.1) is 12.8 Å². The van der Waals surface area contributed by atoms with Gasteiger partial charge in [0.25, 0.3) is 5.91 Å². The number of anilines is 1. The number of rotatable bonds is 6. The largest absolute Gasteiger partial charge is 0.369 e. The molecule has 2 amide bonds. The highest BCUT2D eigenvalue weighted by molar-refractivity contribution is 6.03. The molecule has 0 spiro atoms. The lowest BCUT2D eigenvalue weighted by Gasteiger charge is -2.31. The average molecular weight is 369 g/mol. The molecule has 7 heteroatoms. The lowest BCUT2D eigenvalue weighted by atomic mass is 9.97. The quantitative estimate of drug-likeness (QED) is 0.816. The monoisotopic (exact) mass is 369 g/mol. The summed E-state index contributed by atoms with van der Waals surface area (Å²) in [6, 6.07) is 9.61. The van der Waals surface area contributed by atoms with E-state index in [0.717, 1.165) is 42.9 Å². The molecule has 3 rings (SSSR count). The van der Waals surface area contributed by atoms with Crippen molar-refractivity contribution >= 4 is 17.5 Å². The molecule has 7 nitrogen and oxygen atoms in total. The second-order valence-electron chi connectivity index (χ2n) is 7.11. The van der Waals surface area contributed by atoms with Crippen molar-refractivity contribution in [1.29, 1.82) is 0 Å². The van der Waals surface area contributed by atoms with E-state index in [0.29, 0.717) is 18.8 Å². The second kappa shape index (κ2) is 8.35. The minimum Gasteiger partial charge on any atom is -0.369 e. The molecule has 1 aliphatic rings. The maximum atomic E-state index is 12.5. The van der Waals surface area contributed by atoms with Crippen LogP contribution in [0.4, 0.5) is 5.69 Å². The summed E-state index contributed by atoms with van der Waals surface area (Å²) in [6.07, 6.45) is 1.87. The summed E-state index contributed by atoms with van der Waals surface area (Å²) in [5.41, 5.74) is 8.73. The van der Waals surface area contributed by atoms with Gasteiger partial charge >= 0.3 is 0 Å². The van der Waals surface area contributed by atoms with Crippen LogP contribution in [-0.4, -0.2) is 39.6 Å². The van der Waals surface area contributed by atoms with Gasteiger partial charge in [-0.25, -0.2) is 0 Å². The number of aryl methyl sites for hydroxylation is 2. The first kappa shape index (κ1) is 19.1. The maximum absolute atomic E-state index is 12.5. The Morgan fingerprint density at radius 2 is 2.04 bits per heavy atom. The Balaban J connectivity index is 1.60. The van der Waals surface area contributed by atoms with Gasteiger partial charge in [0.15, 0.2) is 0 Å². The van der Waals surface area contributed by atoms with Crippen LogP contribution in [0.3, 0.4) is 0 Å². The second-order valence-corrected chi connectivity index (χ2v) is 7.11. The fourth-order valence-electron chi connectivity index (χ4n) is 3.55. The highest BCUT2D eigenvalue weighted by atomic mass is 16.2. The van der Waals surface area contributed by atoms with Gasteiger partial charge in [-0.1, -0.05) is 12.1 Å². The Bertz CT molecular complexity index is 812. The Kier molecular flexibility index (Phi) is 5.91. The molecule has 2 heterocycles. The third kappa shape index (κ3) is 4.74. The lowest BCUT2D eigenvalue weighted by molar-refractivity contribution is -0.123. The standard InChI is InChI=1S/C20H27N5O2/c1-3-25-18(11-14(2)23-25)20(27)22-17-8-6-15(7-9-17)12-24-10-4-5-16(13-24)19(21)26/h6-9,11,16H,3-5,10,12-13H2,1-2H3,(H2,21,26)(H,22,27). The number of hydrogen-bond donors (Lipinski definition) is 2. The Morgan fingerprint density at radius 1 is 1.30 bits per heavy atom. The van der Waals surface area contributed by atoms with Crippen molar-refractivity contribution in [2.75, 3.05) is 18.4 Å². The molecule has 1 saturated heterocycles. The number of nitrogens with zero attached hydrogens (tertiary/aromatic N) is 3. The molecule has 1 aliphatic heterocycles. The molecule has 0 saturated carbocycles. The third-order valence-corrected chi connectivity index (χ3v) is 4.96. The lowest BCUT2D eigenvalue weighted by Crippen LogP contribution is -2.40. The summed E-state index contributed by atoms with van der Waals surface area (Å²) in [4.78, 5) is 26.2. The molecule has 2 aromatic rings. The smallest absolute Gasteiger partial charge is 0.273 e. The number of primary amides is 1. The molecule has 1 atom stereocenters. The molecule has 1 aromatic carbocycles. The number of aromatic nitrogens is 2. The fourth-order valence-corrected chi connectivity index (χ4v) is 3.55. The molecule has 1 aromatic heterocycles. The van der Waals surface area contributed by atoms with E-state index < -0.39 is 0 Å². The number of nitrogens with one attached hydrogen (secondary N) is 1. The number of likely N-dealkylation sites (tertiary alicyclic amines) is 1. The molecule has 0 radical (unpaired) electrons. The zero-order valence-electron chi connectivity index (χ0n) is 15.9. The number of nitrogens with two attached hydrogens (primary N) is 1. The molecule has 0 aliphatic carbocycles. The van der Waals surface area contributed by atoms with E-state index in [1.807, 2.05) is 38.1 Å². The Labute approximate surface area is 159 Å². The van der Waals surface area contributed by atoms with Gasteiger partial charge in [-0.05, 0) is 57.0 Å². The normalized spacial score (nSPS) is 17.6. The van der Waals surface area contributed by atoms with E-state index in [1.165, 1.54) is 0 Å². The molecule has 1 fully saturated rings. The van der Waals surface area contributed by atoms with Crippen molar-refractivity contribution in [1.82, 2.24) is 14.7 Å². The first-order valence-electron chi connectivity index (χ1n) is 9.42. The SMILES string of the molecule is CCn1nc(C)cc1C(=O)Nc1ccc(CN2CCCC(C(N)=O)C2)cc1. The van der Waals surface area contributed by atoms with Gasteiger partial charge in [0.2, 0.25) is 5.91 Å². The molecule has 3 N–H and O–H groups in total. The van der Waals surface area contributed by atoms with E-state index in [1.54, 1.807) is 10.7 Å². The third-order valence-electron chi connectivity index (χ3n) is 4.96. The highest BCUT2D eigenvalue weighted by Gasteiger charge is 2.23. The summed E-state index contributed by atoms with van der Waals surface area (Å²) in [6.45, 7) is 6.96. The number of amides is 2. The predicted octanol–water partition coefficient (Wildman–Crippen LogP) is 2.16. The summed E-state index contributed by atoms with van der Waals surface area (Å²) >= 11 is 0. The van der Waals surface area contributed by atoms with Crippen molar-refractivity contribution in [3.05, 3.63) is 47.3 Å². The summed E-state index contributed by atoms with van der Waals surface area (Å²) in [5, 5.41) is 7.23. The van der Waals surface area contributed by atoms with E-state index >= 15 is 0 Å². The van der Waals surface area contributed by atoms with Crippen LogP contribution in [0.1, 0.15) is 41.5 Å². The van der Waals surface area contributed by atoms with Crippen molar-refractivity contribution < 1.29 is 9.59 Å². The van der Waals surface area contributed by atoms with Gasteiger partial charge in [-0.3, -0.25) is 19.2 Å². The molecular weight excluding hydrogens is 342 g/mol. The zero-order chi connectivity index (χ0) is 19.4. The molecule has 27 heavy (non-hydrogen) atoms. The number of carbonyl (C=O) groups excluding carboxylic acids is 2. The van der Waals surface area contributed by atoms with E-state index in [2.05, 4.69) is 15.3 Å². The average Bonchev–Trinajstić information content (AvgIpc) is 3.04. The topological polar surface area (TPSA) is 93.2 Å². The van der Waals surface area contributed by atoms with Gasteiger partial charge in [0.05, 0.1) is 11.6 Å². The van der Waals surface area contributed by atoms with Gasteiger partial charge in [0, 0.05) is 25.3 Å². The van der Waals surface area contributed by atoms with Crippen molar-refractivity contribution in [3.8, 4) is 0 Å². The van der Waals surface area contributed by atoms with Gasteiger partial charge < -0.3 is 11.1 Å². The molecule has 1 unspecified atom stereocenters. The van der Waals surface area contributed by atoms with Gasteiger partial charge in [-0.2, -0.15) is 5.10 Å². The van der Waals surface area contributed by atoms with E-state index in [4.69, 9.17) is 5.73 Å². The summed E-state index contributed by atoms with van der Waals surface area (Å²) in [5.74, 6) is -0.422. The van der Waals surface area contributed by atoms with E-state index in [9.17, 15) is 9.59 Å². The van der Waals surface area contributed by atoms with Crippen LogP contribution in [-0.2, 0) is 17.9 Å². The maximum Gasteiger partial charge on any atom is 0.273 e. The van der Waals surface area contributed by atoms with Crippen LogP contribution >= 0.6 is 0 Å². The first-order chi connectivity index (χ1) is 13.0. The van der Waals surface area contributed by atoms with Crippen LogP contribution in [0.25, 0.3) is 0 Å². The number of carbonyl (C=O) groups is 2. The highest BCUT2D eigenvalue weighted by Crippen LogP contribution is 2.19.